The average Bonchev–Trinajstić information content (AvgIpc) is 3.80. The van der Waals surface area contributed by atoms with Crippen molar-refractivity contribution in [3.8, 4) is 27.9 Å². The van der Waals surface area contributed by atoms with E-state index < -0.39 is 0 Å². The molecule has 0 atom stereocenters. The van der Waals surface area contributed by atoms with E-state index in [-0.39, 0.29) is 0 Å². The van der Waals surface area contributed by atoms with Crippen LogP contribution in [0.4, 0.5) is 17.1 Å². The SMILES string of the molecule is c1ccc(N(c2ccc(-c3ccc4ccccc4c3)cc2)c2ccc(-n3c4ccccc4c4ccccc43)cc2)c(-c2ccc3c(c2)oc2ccccc23)c1. The lowest BCUT2D eigenvalue weighted by molar-refractivity contribution is 0.669. The Balaban J connectivity index is 1.06. The van der Waals surface area contributed by atoms with Crippen LogP contribution in [0, 0.1) is 0 Å². The van der Waals surface area contributed by atoms with E-state index in [4.69, 9.17) is 4.42 Å². The lowest BCUT2D eigenvalue weighted by Crippen LogP contribution is -2.11. The van der Waals surface area contributed by atoms with Crippen molar-refractivity contribution in [2.45, 2.75) is 0 Å². The van der Waals surface area contributed by atoms with Crippen LogP contribution in [0.25, 0.3) is 82.5 Å². The fraction of sp³-hybridized carbons (Fsp3) is 0. The van der Waals surface area contributed by atoms with E-state index in [1.54, 1.807) is 0 Å². The third-order valence-corrected chi connectivity index (χ3v) is 11.0. The number of aromatic nitrogens is 1. The predicted octanol–water partition coefficient (Wildman–Crippen LogP) is 14.6. The van der Waals surface area contributed by atoms with Gasteiger partial charge in [0.15, 0.2) is 0 Å². The minimum atomic E-state index is 0.885. The normalized spacial score (nSPS) is 11.6. The molecule has 0 amide bonds. The van der Waals surface area contributed by atoms with Crippen LogP contribution in [0.15, 0.2) is 211 Å². The van der Waals surface area contributed by atoms with Crippen molar-refractivity contribution >= 4 is 71.6 Å². The first-order valence-corrected chi connectivity index (χ1v) is 18.8. The van der Waals surface area contributed by atoms with Gasteiger partial charge in [-0.15, -0.1) is 0 Å². The molecule has 0 spiro atoms. The zero-order valence-electron chi connectivity index (χ0n) is 29.9. The van der Waals surface area contributed by atoms with Crippen molar-refractivity contribution in [1.82, 2.24) is 4.57 Å². The molecule has 2 aromatic heterocycles. The molecular formula is C52H34N2O. The average molecular weight is 703 g/mol. The number of fused-ring (bicyclic) bond motifs is 7. The second-order valence-electron chi connectivity index (χ2n) is 14.2. The first-order valence-electron chi connectivity index (χ1n) is 18.8. The lowest BCUT2D eigenvalue weighted by atomic mass is 9.99. The van der Waals surface area contributed by atoms with E-state index in [9.17, 15) is 0 Å². The van der Waals surface area contributed by atoms with Crippen LogP contribution in [0.3, 0.4) is 0 Å². The maximum absolute atomic E-state index is 6.36. The van der Waals surface area contributed by atoms with Crippen LogP contribution in [0.2, 0.25) is 0 Å². The molecule has 3 nitrogen and oxygen atoms in total. The molecule has 0 N–H and O–H groups in total. The molecule has 3 heteroatoms. The van der Waals surface area contributed by atoms with E-state index in [0.717, 1.165) is 55.8 Å². The van der Waals surface area contributed by atoms with Gasteiger partial charge in [-0.3, -0.25) is 0 Å². The summed E-state index contributed by atoms with van der Waals surface area (Å²) in [4.78, 5) is 2.37. The second kappa shape index (κ2) is 12.6. The Kier molecular flexibility index (Phi) is 7.17. The number of anilines is 3. The molecule has 0 aliphatic rings. The van der Waals surface area contributed by atoms with Crippen molar-refractivity contribution in [2.24, 2.45) is 0 Å². The fourth-order valence-electron chi connectivity index (χ4n) is 8.36. The molecule has 0 unspecified atom stereocenters. The van der Waals surface area contributed by atoms with Gasteiger partial charge >= 0.3 is 0 Å². The molecular weight excluding hydrogens is 669 g/mol. The first kappa shape index (κ1) is 31.2. The van der Waals surface area contributed by atoms with Crippen molar-refractivity contribution in [1.29, 1.82) is 0 Å². The van der Waals surface area contributed by atoms with Gasteiger partial charge in [-0.2, -0.15) is 0 Å². The van der Waals surface area contributed by atoms with E-state index in [1.165, 1.54) is 43.7 Å². The van der Waals surface area contributed by atoms with Gasteiger partial charge in [-0.1, -0.05) is 127 Å². The lowest BCUT2D eigenvalue weighted by Gasteiger charge is -2.28. The van der Waals surface area contributed by atoms with E-state index in [1.807, 2.05) is 12.1 Å². The summed E-state index contributed by atoms with van der Waals surface area (Å²) >= 11 is 0. The molecule has 0 fully saturated rings. The van der Waals surface area contributed by atoms with Gasteiger partial charge in [0, 0.05) is 44.2 Å². The predicted molar refractivity (Wildman–Crippen MR) is 231 cm³/mol. The number of nitrogens with zero attached hydrogens (tertiary/aromatic N) is 2. The quantitative estimate of drug-likeness (QED) is 0.172. The summed E-state index contributed by atoms with van der Waals surface area (Å²) in [5, 5.41) is 7.25. The summed E-state index contributed by atoms with van der Waals surface area (Å²) in [7, 11) is 0. The molecule has 0 saturated carbocycles. The number of furan rings is 1. The number of para-hydroxylation sites is 4. The fourth-order valence-corrected chi connectivity index (χ4v) is 8.36. The largest absolute Gasteiger partial charge is 0.456 e. The van der Waals surface area contributed by atoms with Crippen LogP contribution in [-0.2, 0) is 0 Å². The second-order valence-corrected chi connectivity index (χ2v) is 14.2. The summed E-state index contributed by atoms with van der Waals surface area (Å²) in [6, 6.07) is 74.0. The van der Waals surface area contributed by atoms with Gasteiger partial charge in [-0.05, 0) is 106 Å². The van der Waals surface area contributed by atoms with Crippen LogP contribution in [0.1, 0.15) is 0 Å². The zero-order valence-corrected chi connectivity index (χ0v) is 29.9. The van der Waals surface area contributed by atoms with Crippen LogP contribution >= 0.6 is 0 Å². The van der Waals surface area contributed by atoms with Gasteiger partial charge in [0.1, 0.15) is 11.2 Å². The molecule has 11 aromatic rings. The summed E-state index contributed by atoms with van der Waals surface area (Å²) in [6.45, 7) is 0. The van der Waals surface area contributed by atoms with E-state index in [0.29, 0.717) is 0 Å². The zero-order chi connectivity index (χ0) is 36.3. The highest BCUT2D eigenvalue weighted by Crippen LogP contribution is 2.43. The van der Waals surface area contributed by atoms with Crippen LogP contribution in [0.5, 0.6) is 0 Å². The van der Waals surface area contributed by atoms with Gasteiger partial charge < -0.3 is 13.9 Å². The highest BCUT2D eigenvalue weighted by Gasteiger charge is 2.19. The summed E-state index contributed by atoms with van der Waals surface area (Å²) in [5.41, 5.74) is 13.1. The van der Waals surface area contributed by atoms with E-state index >= 15 is 0 Å². The molecule has 0 radical (unpaired) electrons. The van der Waals surface area contributed by atoms with Gasteiger partial charge in [0.05, 0.1) is 16.7 Å². The maximum Gasteiger partial charge on any atom is 0.136 e. The Morgan fingerprint density at radius 2 is 0.927 bits per heavy atom. The Morgan fingerprint density at radius 1 is 0.364 bits per heavy atom. The van der Waals surface area contributed by atoms with Gasteiger partial charge in [0.25, 0.3) is 0 Å². The third-order valence-electron chi connectivity index (χ3n) is 11.0. The minimum Gasteiger partial charge on any atom is -0.456 e. The van der Waals surface area contributed by atoms with Crippen molar-refractivity contribution in [3.63, 3.8) is 0 Å². The van der Waals surface area contributed by atoms with Crippen LogP contribution in [-0.4, -0.2) is 4.57 Å². The Morgan fingerprint density at radius 3 is 1.69 bits per heavy atom. The molecule has 55 heavy (non-hydrogen) atoms. The minimum absolute atomic E-state index is 0.885. The molecule has 11 rings (SSSR count). The summed E-state index contributed by atoms with van der Waals surface area (Å²) in [5.74, 6) is 0. The molecule has 258 valence electrons. The molecule has 0 bridgehead atoms. The molecule has 9 aromatic carbocycles. The number of benzene rings is 9. The summed E-state index contributed by atoms with van der Waals surface area (Å²) in [6.07, 6.45) is 0. The van der Waals surface area contributed by atoms with Gasteiger partial charge in [-0.25, -0.2) is 0 Å². The number of hydrogen-bond donors (Lipinski definition) is 0. The monoisotopic (exact) mass is 702 g/mol. The molecule has 2 heterocycles. The highest BCUT2D eigenvalue weighted by molar-refractivity contribution is 6.09. The Bertz CT molecular complexity index is 3150. The Hall–Kier alpha value is -7.36. The van der Waals surface area contributed by atoms with Gasteiger partial charge in [0.2, 0.25) is 0 Å². The molecule has 0 saturated heterocycles. The highest BCUT2D eigenvalue weighted by atomic mass is 16.3. The number of rotatable bonds is 6. The molecule has 0 aliphatic carbocycles. The summed E-state index contributed by atoms with van der Waals surface area (Å²) < 4.78 is 8.73. The van der Waals surface area contributed by atoms with Crippen LogP contribution < -0.4 is 4.90 Å². The van der Waals surface area contributed by atoms with Crippen molar-refractivity contribution in [2.75, 3.05) is 4.90 Å². The van der Waals surface area contributed by atoms with Crippen molar-refractivity contribution in [3.05, 3.63) is 206 Å². The van der Waals surface area contributed by atoms with E-state index in [2.05, 4.69) is 204 Å². The molecule has 0 aliphatic heterocycles. The Labute approximate surface area is 318 Å². The first-order chi connectivity index (χ1) is 27.3. The number of hydrogen-bond acceptors (Lipinski definition) is 2. The smallest absolute Gasteiger partial charge is 0.136 e. The third kappa shape index (κ3) is 5.20. The topological polar surface area (TPSA) is 21.3 Å². The van der Waals surface area contributed by atoms with Crippen molar-refractivity contribution < 1.29 is 4.42 Å². The standard InChI is InChI=1S/C52H34N2O/c1-2-12-37-33-38(22-21-35(37)11-1)36-23-26-40(27-24-36)53(41-28-30-42(31-29-41)54-49-18-8-4-14-44(49)45-15-5-9-19-50(45)54)48-17-7-3-13-43(48)39-25-32-47-46-16-6-10-20-51(46)55-52(47)34-39/h1-34H. The maximum atomic E-state index is 6.36.